The number of nitrogen functional groups attached to an aromatic ring is 1. The van der Waals surface area contributed by atoms with Crippen molar-refractivity contribution in [2.45, 2.75) is 29.8 Å². The van der Waals surface area contributed by atoms with Crippen molar-refractivity contribution in [3.05, 3.63) is 30.1 Å². The van der Waals surface area contributed by atoms with Crippen molar-refractivity contribution in [2.75, 3.05) is 24.4 Å². The summed E-state index contributed by atoms with van der Waals surface area (Å²) in [5.74, 6) is 5.76. The molecule has 146 valence electrons. The minimum Gasteiger partial charge on any atom is -0.341 e. The van der Waals surface area contributed by atoms with Gasteiger partial charge < -0.3 is 10.7 Å². The minimum atomic E-state index is -3.07. The first kappa shape index (κ1) is 19.6. The third-order valence-electron chi connectivity index (χ3n) is 4.48. The van der Waals surface area contributed by atoms with Gasteiger partial charge in [0.05, 0.1) is 16.8 Å². The van der Waals surface area contributed by atoms with Gasteiger partial charge in [0.15, 0.2) is 15.7 Å². The number of sulfone groups is 1. The molecule has 1 saturated heterocycles. The van der Waals surface area contributed by atoms with Gasteiger partial charge in [-0.1, -0.05) is 23.9 Å². The number of benzene rings is 1. The molecule has 2 atom stereocenters. The fourth-order valence-corrected chi connectivity index (χ4v) is 5.58. The largest absolute Gasteiger partial charge is 0.341 e. The van der Waals surface area contributed by atoms with Crippen molar-refractivity contribution in [3.8, 4) is 11.4 Å². The van der Waals surface area contributed by atoms with E-state index >= 15 is 0 Å². The maximum atomic E-state index is 13.4. The topological polar surface area (TPSA) is 111 Å². The van der Waals surface area contributed by atoms with Crippen LogP contribution in [-0.4, -0.2) is 63.9 Å². The van der Waals surface area contributed by atoms with Crippen LogP contribution < -0.4 is 5.84 Å². The summed E-state index contributed by atoms with van der Waals surface area (Å²) in [7, 11) is -1.47. The van der Waals surface area contributed by atoms with Crippen molar-refractivity contribution >= 4 is 27.5 Å². The van der Waals surface area contributed by atoms with Gasteiger partial charge in [0, 0.05) is 18.7 Å². The lowest BCUT2D eigenvalue weighted by molar-refractivity contribution is -0.130. The Morgan fingerprint density at radius 3 is 2.81 bits per heavy atom. The highest BCUT2D eigenvalue weighted by molar-refractivity contribution is 8.00. The number of amides is 1. The van der Waals surface area contributed by atoms with Crippen LogP contribution >= 0.6 is 11.8 Å². The minimum absolute atomic E-state index is 0.0105. The molecule has 1 amide bonds. The first-order valence-corrected chi connectivity index (χ1v) is 11.0. The Morgan fingerprint density at radius 2 is 2.19 bits per heavy atom. The van der Waals surface area contributed by atoms with Gasteiger partial charge in [-0.05, 0) is 25.5 Å². The number of thioether (sulfide) groups is 1. The first-order valence-electron chi connectivity index (χ1n) is 8.28. The Bertz CT molecular complexity index is 963. The predicted octanol–water partition coefficient (Wildman–Crippen LogP) is 0.924. The summed E-state index contributed by atoms with van der Waals surface area (Å²) < 4.78 is 37.9. The second-order valence-corrected chi connectivity index (χ2v) is 9.99. The summed E-state index contributed by atoms with van der Waals surface area (Å²) in [6, 6.07) is 5.50. The molecule has 0 saturated carbocycles. The molecule has 1 aliphatic heterocycles. The Kier molecular flexibility index (Phi) is 5.43. The van der Waals surface area contributed by atoms with Gasteiger partial charge in [-0.3, -0.25) is 4.79 Å². The monoisotopic (exact) mass is 413 g/mol. The highest BCUT2D eigenvalue weighted by Crippen LogP contribution is 2.27. The fourth-order valence-electron chi connectivity index (χ4n) is 2.94. The molecule has 1 aliphatic rings. The molecule has 0 unspecified atom stereocenters. The second kappa shape index (κ2) is 7.47. The highest BCUT2D eigenvalue weighted by Gasteiger charge is 2.34. The Hall–Kier alpha value is -2.14. The molecule has 1 fully saturated rings. The van der Waals surface area contributed by atoms with Crippen LogP contribution in [0.25, 0.3) is 11.4 Å². The summed E-state index contributed by atoms with van der Waals surface area (Å²) in [4.78, 5) is 14.1. The number of aromatic nitrogens is 3. The third kappa shape index (κ3) is 4.24. The average Bonchev–Trinajstić information content (AvgIpc) is 3.16. The molecule has 1 aromatic carbocycles. The van der Waals surface area contributed by atoms with Crippen LogP contribution in [0.3, 0.4) is 0 Å². The van der Waals surface area contributed by atoms with Gasteiger partial charge in [0.25, 0.3) is 0 Å². The number of nitrogens with two attached hydrogens (primary N) is 1. The lowest BCUT2D eigenvalue weighted by Gasteiger charge is -2.26. The number of carbonyl (C=O) groups excluding carboxylic acids is 1. The van der Waals surface area contributed by atoms with E-state index in [-0.39, 0.29) is 29.3 Å². The van der Waals surface area contributed by atoms with Crippen LogP contribution in [0.4, 0.5) is 4.39 Å². The molecular weight excluding hydrogens is 393 g/mol. The Morgan fingerprint density at radius 1 is 1.44 bits per heavy atom. The normalized spacial score (nSPS) is 19.7. The standard InChI is InChI=1S/C16H20FN5O3S2/c1-10(15(23)21(2)13-6-7-27(24,25)9-13)26-16-20-19-14(22(16)18)11-4-3-5-12(17)8-11/h3-5,8,10,13H,6-7,9,18H2,1-2H3/t10-,13-/m0/s1. The molecule has 11 heteroatoms. The molecule has 8 nitrogen and oxygen atoms in total. The molecule has 3 rings (SSSR count). The number of carbonyl (C=O) groups is 1. The molecule has 1 aromatic heterocycles. The van der Waals surface area contributed by atoms with Crippen LogP contribution in [0, 0.1) is 5.82 Å². The Balaban J connectivity index is 1.71. The van der Waals surface area contributed by atoms with E-state index in [1.165, 1.54) is 21.7 Å². The molecule has 0 aliphatic carbocycles. The van der Waals surface area contributed by atoms with Crippen molar-refractivity contribution in [1.82, 2.24) is 19.8 Å². The van der Waals surface area contributed by atoms with E-state index < -0.39 is 20.9 Å². The highest BCUT2D eigenvalue weighted by atomic mass is 32.2. The number of rotatable bonds is 5. The summed E-state index contributed by atoms with van der Waals surface area (Å²) in [6.07, 6.45) is 0.443. The zero-order valence-electron chi connectivity index (χ0n) is 14.9. The van der Waals surface area contributed by atoms with E-state index in [0.29, 0.717) is 17.1 Å². The van der Waals surface area contributed by atoms with Gasteiger partial charge in [-0.25, -0.2) is 17.5 Å². The van der Waals surface area contributed by atoms with Gasteiger partial charge in [-0.15, -0.1) is 10.2 Å². The smallest absolute Gasteiger partial charge is 0.235 e. The number of hydrogen-bond donors (Lipinski definition) is 1. The maximum absolute atomic E-state index is 13.4. The summed E-state index contributed by atoms with van der Waals surface area (Å²) in [6.45, 7) is 1.70. The van der Waals surface area contributed by atoms with Crippen LogP contribution in [0.1, 0.15) is 13.3 Å². The molecule has 2 heterocycles. The molecule has 0 radical (unpaired) electrons. The van der Waals surface area contributed by atoms with E-state index in [4.69, 9.17) is 5.84 Å². The summed E-state index contributed by atoms with van der Waals surface area (Å²) in [5.41, 5.74) is 0.476. The number of nitrogens with zero attached hydrogens (tertiary/aromatic N) is 4. The predicted molar refractivity (Wildman–Crippen MR) is 101 cm³/mol. The molecule has 2 aromatic rings. The third-order valence-corrected chi connectivity index (χ3v) is 7.28. The zero-order valence-corrected chi connectivity index (χ0v) is 16.5. The van der Waals surface area contributed by atoms with Crippen LogP contribution in [0.15, 0.2) is 29.4 Å². The number of hydrogen-bond acceptors (Lipinski definition) is 7. The lowest BCUT2D eigenvalue weighted by Crippen LogP contribution is -2.41. The quantitative estimate of drug-likeness (QED) is 0.573. The van der Waals surface area contributed by atoms with E-state index in [2.05, 4.69) is 10.2 Å². The van der Waals surface area contributed by atoms with Crippen LogP contribution in [0.5, 0.6) is 0 Å². The van der Waals surface area contributed by atoms with Gasteiger partial charge >= 0.3 is 0 Å². The van der Waals surface area contributed by atoms with Crippen molar-refractivity contribution in [3.63, 3.8) is 0 Å². The lowest BCUT2D eigenvalue weighted by atomic mass is 10.2. The maximum Gasteiger partial charge on any atom is 0.235 e. The summed E-state index contributed by atoms with van der Waals surface area (Å²) in [5, 5.41) is 7.73. The van der Waals surface area contributed by atoms with Gasteiger partial charge in [0.2, 0.25) is 11.1 Å². The molecular formula is C16H20FN5O3S2. The van der Waals surface area contributed by atoms with E-state index in [1.807, 2.05) is 0 Å². The molecule has 0 spiro atoms. The molecule has 27 heavy (non-hydrogen) atoms. The van der Waals surface area contributed by atoms with Crippen LogP contribution in [-0.2, 0) is 14.6 Å². The second-order valence-electron chi connectivity index (χ2n) is 6.45. The van der Waals surface area contributed by atoms with E-state index in [0.717, 1.165) is 11.8 Å². The van der Waals surface area contributed by atoms with Crippen LogP contribution in [0.2, 0.25) is 0 Å². The molecule has 0 bridgehead atoms. The van der Waals surface area contributed by atoms with Crippen molar-refractivity contribution < 1.29 is 17.6 Å². The van der Waals surface area contributed by atoms with E-state index in [9.17, 15) is 17.6 Å². The fraction of sp³-hybridized carbons (Fsp3) is 0.438. The van der Waals surface area contributed by atoms with Gasteiger partial charge in [-0.2, -0.15) is 0 Å². The SMILES string of the molecule is C[C@H](Sc1nnc(-c2cccc(F)c2)n1N)C(=O)N(C)[C@H]1CCS(=O)(=O)C1. The summed E-state index contributed by atoms with van der Waals surface area (Å²) >= 11 is 1.11. The van der Waals surface area contributed by atoms with Crippen molar-refractivity contribution in [2.24, 2.45) is 0 Å². The zero-order chi connectivity index (χ0) is 19.8. The van der Waals surface area contributed by atoms with Gasteiger partial charge in [0.1, 0.15) is 5.82 Å². The van der Waals surface area contributed by atoms with E-state index in [1.54, 1.807) is 26.1 Å². The Labute approximate surface area is 160 Å². The molecule has 2 N–H and O–H groups in total. The van der Waals surface area contributed by atoms with Crippen molar-refractivity contribution in [1.29, 1.82) is 0 Å². The first-order chi connectivity index (χ1) is 12.7. The number of halogens is 1. The average molecular weight is 414 g/mol.